The van der Waals surface area contributed by atoms with Crippen molar-refractivity contribution in [1.82, 2.24) is 5.32 Å². The molecule has 2 N–H and O–H groups in total. The first-order chi connectivity index (χ1) is 8.51. The second kappa shape index (κ2) is 9.03. The van der Waals surface area contributed by atoms with Crippen molar-refractivity contribution in [2.45, 2.75) is 25.3 Å². The van der Waals surface area contributed by atoms with E-state index in [1.165, 1.54) is 7.11 Å². The number of nitrogens with zero attached hydrogens (tertiary/aromatic N) is 2. The molecule has 0 aromatic rings. The Morgan fingerprint density at radius 1 is 1.44 bits per heavy atom. The maximum absolute atomic E-state index is 11.3. The van der Waals surface area contributed by atoms with Gasteiger partial charge in [-0.25, -0.2) is 4.79 Å². The first-order valence-corrected chi connectivity index (χ1v) is 5.22. The smallest absolute Gasteiger partial charge is 0.326 e. The topological polar surface area (TPSA) is 129 Å². The number of ketones is 1. The monoisotopic (exact) mass is 257 g/mol. The van der Waals surface area contributed by atoms with Gasteiger partial charge in [0, 0.05) is 20.0 Å². The second-order valence-corrected chi connectivity index (χ2v) is 3.45. The standard InChI is InChI=1S/C10H15N3O5/c1-18-5-4-9(15)13-8(10(16)17)3-2-7(14)6-12-11/h6,8H,2-5H2,1H3,(H,13,15)(H,16,17). The lowest BCUT2D eigenvalue weighted by Gasteiger charge is -2.13. The number of carbonyl (C=O) groups is 3. The first-order valence-electron chi connectivity index (χ1n) is 5.22. The molecule has 0 radical (unpaired) electrons. The summed E-state index contributed by atoms with van der Waals surface area (Å²) < 4.78 is 4.68. The molecule has 0 aromatic carbocycles. The van der Waals surface area contributed by atoms with E-state index < -0.39 is 23.7 Å². The average molecular weight is 257 g/mol. The van der Waals surface area contributed by atoms with E-state index >= 15 is 0 Å². The SMILES string of the molecule is COCCC(=O)NC(CCC(=O)C=[N+]=[N-])C(=O)O. The quantitative estimate of drug-likeness (QED) is 0.318. The molecule has 18 heavy (non-hydrogen) atoms. The zero-order valence-corrected chi connectivity index (χ0v) is 9.96. The van der Waals surface area contributed by atoms with E-state index in [9.17, 15) is 14.4 Å². The number of hydrogen-bond donors (Lipinski definition) is 2. The predicted molar refractivity (Wildman–Crippen MR) is 60.0 cm³/mol. The number of methoxy groups -OCH3 is 1. The molecule has 8 heteroatoms. The van der Waals surface area contributed by atoms with Crippen LogP contribution in [0.5, 0.6) is 0 Å². The molecule has 0 saturated carbocycles. The largest absolute Gasteiger partial charge is 0.480 e. The molecule has 0 saturated heterocycles. The van der Waals surface area contributed by atoms with Gasteiger partial charge in [0.1, 0.15) is 6.04 Å². The first kappa shape index (κ1) is 16.0. The van der Waals surface area contributed by atoms with Crippen molar-refractivity contribution in [2.24, 2.45) is 0 Å². The fourth-order valence-electron chi connectivity index (χ4n) is 1.13. The molecule has 0 rings (SSSR count). The highest BCUT2D eigenvalue weighted by Crippen LogP contribution is 1.99. The average Bonchev–Trinajstić information content (AvgIpc) is 2.31. The summed E-state index contributed by atoms with van der Waals surface area (Å²) in [6.07, 6.45) is 0.530. The summed E-state index contributed by atoms with van der Waals surface area (Å²) >= 11 is 0. The van der Waals surface area contributed by atoms with E-state index in [-0.39, 0.29) is 25.9 Å². The highest BCUT2D eigenvalue weighted by Gasteiger charge is 2.21. The van der Waals surface area contributed by atoms with Crippen LogP contribution in [-0.4, -0.2) is 53.5 Å². The zero-order chi connectivity index (χ0) is 14.0. The highest BCUT2D eigenvalue weighted by molar-refractivity contribution is 6.25. The number of hydrogen-bond acceptors (Lipinski definition) is 4. The van der Waals surface area contributed by atoms with E-state index in [0.29, 0.717) is 6.21 Å². The minimum atomic E-state index is -1.23. The Kier molecular flexibility index (Phi) is 8.00. The van der Waals surface area contributed by atoms with Gasteiger partial charge >= 0.3 is 12.2 Å². The van der Waals surface area contributed by atoms with Gasteiger partial charge in [-0.2, -0.15) is 4.79 Å². The Morgan fingerprint density at radius 3 is 2.61 bits per heavy atom. The molecule has 8 nitrogen and oxygen atoms in total. The third kappa shape index (κ3) is 7.26. The van der Waals surface area contributed by atoms with Gasteiger partial charge in [-0.3, -0.25) is 9.59 Å². The van der Waals surface area contributed by atoms with Crippen LogP contribution in [0.25, 0.3) is 5.53 Å². The van der Waals surface area contributed by atoms with E-state index in [1.807, 2.05) is 0 Å². The van der Waals surface area contributed by atoms with E-state index in [2.05, 4.69) is 14.8 Å². The number of carboxylic acid groups (broad SMARTS) is 1. The summed E-state index contributed by atoms with van der Waals surface area (Å²) in [5.41, 5.74) is 8.10. The van der Waals surface area contributed by atoms with Crippen molar-refractivity contribution >= 4 is 23.9 Å². The van der Waals surface area contributed by atoms with Crippen LogP contribution in [0.15, 0.2) is 0 Å². The molecule has 0 aliphatic carbocycles. The molecule has 0 spiro atoms. The number of nitrogens with one attached hydrogen (secondary N) is 1. The number of rotatable bonds is 9. The highest BCUT2D eigenvalue weighted by atomic mass is 16.5. The lowest BCUT2D eigenvalue weighted by molar-refractivity contribution is -0.142. The van der Waals surface area contributed by atoms with Gasteiger partial charge in [-0.05, 0) is 6.42 Å². The van der Waals surface area contributed by atoms with Crippen LogP contribution in [0.2, 0.25) is 0 Å². The fraction of sp³-hybridized carbons (Fsp3) is 0.600. The number of carbonyl (C=O) groups excluding carboxylic acids is 2. The number of Topliss-reactive ketones (excluding diaryl/α,β-unsaturated/α-hetero) is 1. The summed E-state index contributed by atoms with van der Waals surface area (Å²) in [6, 6.07) is -1.15. The molecule has 0 aliphatic heterocycles. The van der Waals surface area contributed by atoms with Crippen LogP contribution in [0.1, 0.15) is 19.3 Å². The molecule has 0 aliphatic rings. The Hall–Kier alpha value is -2.05. The van der Waals surface area contributed by atoms with Gasteiger partial charge < -0.3 is 20.7 Å². The lowest BCUT2D eigenvalue weighted by atomic mass is 10.1. The van der Waals surface area contributed by atoms with Crippen molar-refractivity contribution in [3.05, 3.63) is 5.53 Å². The van der Waals surface area contributed by atoms with Gasteiger partial charge in [-0.15, -0.1) is 0 Å². The van der Waals surface area contributed by atoms with Gasteiger partial charge in [0.25, 0.3) is 0 Å². The minimum absolute atomic E-state index is 0.0479. The number of aliphatic carboxylic acids is 1. The van der Waals surface area contributed by atoms with Gasteiger partial charge in [0.05, 0.1) is 6.61 Å². The van der Waals surface area contributed by atoms with Crippen LogP contribution in [0.4, 0.5) is 0 Å². The summed E-state index contributed by atoms with van der Waals surface area (Å²) in [5.74, 6) is -2.21. The lowest BCUT2D eigenvalue weighted by Crippen LogP contribution is -2.41. The van der Waals surface area contributed by atoms with Gasteiger partial charge in [0.15, 0.2) is 0 Å². The predicted octanol–water partition coefficient (Wildman–Crippen LogP) is -0.758. The maximum Gasteiger partial charge on any atom is 0.326 e. The van der Waals surface area contributed by atoms with Crippen LogP contribution in [0, 0.1) is 0 Å². The Bertz CT molecular complexity index is 363. The van der Waals surface area contributed by atoms with E-state index in [0.717, 1.165) is 0 Å². The number of amides is 1. The normalized spacial score (nSPS) is 11.2. The summed E-state index contributed by atoms with van der Waals surface area (Å²) in [4.78, 5) is 35.6. The molecule has 1 unspecified atom stereocenters. The summed E-state index contributed by atoms with van der Waals surface area (Å²) in [5, 5.41) is 11.1. The maximum atomic E-state index is 11.3. The molecule has 0 aromatic heterocycles. The third-order valence-corrected chi connectivity index (χ3v) is 2.05. The third-order valence-electron chi connectivity index (χ3n) is 2.05. The van der Waals surface area contributed by atoms with Gasteiger partial charge in [0.2, 0.25) is 11.7 Å². The molecule has 0 bridgehead atoms. The van der Waals surface area contributed by atoms with Crippen molar-refractivity contribution in [1.29, 1.82) is 0 Å². The van der Waals surface area contributed by atoms with Crippen molar-refractivity contribution in [3.63, 3.8) is 0 Å². The minimum Gasteiger partial charge on any atom is -0.480 e. The van der Waals surface area contributed by atoms with E-state index in [1.54, 1.807) is 0 Å². The second-order valence-electron chi connectivity index (χ2n) is 3.45. The Morgan fingerprint density at radius 2 is 2.11 bits per heavy atom. The summed E-state index contributed by atoms with van der Waals surface area (Å²) in [7, 11) is 1.43. The number of ether oxygens (including phenoxy) is 1. The molecule has 0 fully saturated rings. The molecule has 1 amide bonds. The zero-order valence-electron chi connectivity index (χ0n) is 9.96. The van der Waals surface area contributed by atoms with E-state index in [4.69, 9.17) is 10.6 Å². The number of carboxylic acids is 1. The Labute approximate surface area is 104 Å². The molecule has 0 heterocycles. The molecular formula is C10H15N3O5. The van der Waals surface area contributed by atoms with Crippen LogP contribution >= 0.6 is 0 Å². The van der Waals surface area contributed by atoms with Crippen molar-refractivity contribution in [3.8, 4) is 0 Å². The van der Waals surface area contributed by atoms with Crippen LogP contribution < -0.4 is 5.32 Å². The molecule has 100 valence electrons. The van der Waals surface area contributed by atoms with Crippen molar-refractivity contribution < 1.29 is 29.0 Å². The van der Waals surface area contributed by atoms with Crippen molar-refractivity contribution in [2.75, 3.05) is 13.7 Å². The van der Waals surface area contributed by atoms with Crippen LogP contribution in [0.3, 0.4) is 0 Å². The van der Waals surface area contributed by atoms with Crippen LogP contribution in [-0.2, 0) is 19.1 Å². The molecule has 1 atom stereocenters. The molecular weight excluding hydrogens is 242 g/mol. The summed E-state index contributed by atoms with van der Waals surface area (Å²) in [6.45, 7) is 0.189. The fourth-order valence-corrected chi connectivity index (χ4v) is 1.13. The van der Waals surface area contributed by atoms with Gasteiger partial charge in [-0.1, -0.05) is 0 Å². The Balaban J connectivity index is 4.23.